The van der Waals surface area contributed by atoms with Crippen molar-refractivity contribution >= 4 is 54.4 Å². The van der Waals surface area contributed by atoms with Gasteiger partial charge in [-0.05, 0) is 41.6 Å². The third-order valence-electron chi connectivity index (χ3n) is 4.78. The Hall–Kier alpha value is -2.40. The summed E-state index contributed by atoms with van der Waals surface area (Å²) in [5.74, 6) is 0.273. The Bertz CT molecular complexity index is 1300. The summed E-state index contributed by atoms with van der Waals surface area (Å²) in [6.45, 7) is 0.712. The SMILES string of the molecule is O=S(=O)(c1cccs1)N1CCc2c(sc3ncnc(Nc4cccc(F)c4)c23)C1. The van der Waals surface area contributed by atoms with Crippen molar-refractivity contribution in [2.75, 3.05) is 11.9 Å². The third kappa shape index (κ3) is 3.31. The van der Waals surface area contributed by atoms with Crippen molar-refractivity contribution in [3.05, 3.63) is 64.4 Å². The minimum absolute atomic E-state index is 0.315. The summed E-state index contributed by atoms with van der Waals surface area (Å²) in [6.07, 6.45) is 2.04. The standard InChI is InChI=1S/C19H15FN4O2S3/c20-12-3-1-4-13(9-12)23-18-17-14-6-7-24(29(25,26)16-5-2-8-27-16)10-15(14)28-19(17)22-11-21-18/h1-5,8-9,11H,6-7,10H2,(H,21,22,23). The highest BCUT2D eigenvalue weighted by atomic mass is 32.2. The van der Waals surface area contributed by atoms with Gasteiger partial charge in [-0.1, -0.05) is 12.1 Å². The molecular formula is C19H15FN4O2S3. The summed E-state index contributed by atoms with van der Waals surface area (Å²) < 4.78 is 41.2. The number of aromatic nitrogens is 2. The molecule has 1 aromatic carbocycles. The van der Waals surface area contributed by atoms with Crippen molar-refractivity contribution in [1.82, 2.24) is 14.3 Å². The lowest BCUT2D eigenvalue weighted by Gasteiger charge is -2.25. The van der Waals surface area contributed by atoms with Crippen LogP contribution in [0.2, 0.25) is 0 Å². The fourth-order valence-corrected chi connectivity index (χ4v) is 7.28. The molecule has 0 fully saturated rings. The van der Waals surface area contributed by atoms with Gasteiger partial charge in [-0.25, -0.2) is 22.8 Å². The highest BCUT2D eigenvalue weighted by Crippen LogP contribution is 2.39. The Labute approximate surface area is 174 Å². The van der Waals surface area contributed by atoms with Gasteiger partial charge in [-0.15, -0.1) is 22.7 Å². The molecule has 148 valence electrons. The van der Waals surface area contributed by atoms with Crippen LogP contribution < -0.4 is 5.32 Å². The van der Waals surface area contributed by atoms with Crippen LogP contribution in [0.15, 0.2) is 52.3 Å². The summed E-state index contributed by atoms with van der Waals surface area (Å²) in [5.41, 5.74) is 1.66. The predicted octanol–water partition coefficient (Wildman–Crippen LogP) is 4.38. The maximum atomic E-state index is 13.5. The molecule has 3 aromatic heterocycles. The van der Waals surface area contributed by atoms with Crippen LogP contribution in [-0.4, -0.2) is 29.2 Å². The number of benzene rings is 1. The highest BCUT2D eigenvalue weighted by Gasteiger charge is 2.32. The fraction of sp³-hybridized carbons (Fsp3) is 0.158. The first-order valence-corrected chi connectivity index (χ1v) is 12.0. The molecule has 4 heterocycles. The largest absolute Gasteiger partial charge is 0.339 e. The Morgan fingerprint density at radius 2 is 2.07 bits per heavy atom. The summed E-state index contributed by atoms with van der Waals surface area (Å²) in [4.78, 5) is 10.5. The lowest BCUT2D eigenvalue weighted by molar-refractivity contribution is 0.397. The van der Waals surface area contributed by atoms with Crippen molar-refractivity contribution in [2.24, 2.45) is 0 Å². The first kappa shape index (κ1) is 18.6. The Kier molecular flexibility index (Phi) is 4.58. The van der Waals surface area contributed by atoms with E-state index in [2.05, 4.69) is 15.3 Å². The maximum absolute atomic E-state index is 13.5. The molecule has 0 saturated heterocycles. The van der Waals surface area contributed by atoms with Crippen molar-refractivity contribution in [1.29, 1.82) is 0 Å². The first-order chi connectivity index (χ1) is 14.0. The molecule has 1 N–H and O–H groups in total. The number of nitrogens with zero attached hydrogens (tertiary/aromatic N) is 3. The van der Waals surface area contributed by atoms with Crippen molar-refractivity contribution < 1.29 is 12.8 Å². The van der Waals surface area contributed by atoms with Gasteiger partial charge in [0.25, 0.3) is 10.0 Å². The molecule has 1 aliphatic rings. The van der Waals surface area contributed by atoms with Crippen LogP contribution in [0, 0.1) is 5.82 Å². The number of thiophene rings is 2. The second kappa shape index (κ2) is 7.13. The molecule has 6 nitrogen and oxygen atoms in total. The van der Waals surface area contributed by atoms with E-state index >= 15 is 0 Å². The zero-order chi connectivity index (χ0) is 20.0. The second-order valence-corrected chi connectivity index (χ2v) is 10.8. The molecule has 0 radical (unpaired) electrons. The van der Waals surface area contributed by atoms with Gasteiger partial charge < -0.3 is 5.32 Å². The lowest BCUT2D eigenvalue weighted by atomic mass is 10.1. The van der Waals surface area contributed by atoms with Gasteiger partial charge in [-0.3, -0.25) is 0 Å². The quantitative estimate of drug-likeness (QED) is 0.503. The van der Waals surface area contributed by atoms with Gasteiger partial charge in [-0.2, -0.15) is 4.31 Å². The number of hydrogen-bond donors (Lipinski definition) is 1. The maximum Gasteiger partial charge on any atom is 0.252 e. The van der Waals surface area contributed by atoms with Gasteiger partial charge in [0.2, 0.25) is 0 Å². The van der Waals surface area contributed by atoms with Gasteiger partial charge >= 0.3 is 0 Å². The average molecular weight is 447 g/mol. The van der Waals surface area contributed by atoms with E-state index in [0.717, 1.165) is 20.7 Å². The summed E-state index contributed by atoms with van der Waals surface area (Å²) in [7, 11) is -3.50. The molecule has 10 heteroatoms. The number of rotatable bonds is 4. The van der Waals surface area contributed by atoms with Crippen LogP contribution in [0.1, 0.15) is 10.4 Å². The van der Waals surface area contributed by atoms with Crippen LogP contribution >= 0.6 is 22.7 Å². The molecule has 0 spiro atoms. The van der Waals surface area contributed by atoms with E-state index in [1.807, 2.05) is 0 Å². The molecule has 0 bridgehead atoms. The van der Waals surface area contributed by atoms with Crippen molar-refractivity contribution in [2.45, 2.75) is 17.2 Å². The average Bonchev–Trinajstić information content (AvgIpc) is 3.36. The predicted molar refractivity (Wildman–Crippen MR) is 113 cm³/mol. The third-order valence-corrected chi connectivity index (χ3v) is 9.12. The second-order valence-electron chi connectivity index (χ2n) is 6.56. The number of fused-ring (bicyclic) bond motifs is 3. The van der Waals surface area contributed by atoms with E-state index in [9.17, 15) is 12.8 Å². The molecule has 0 amide bonds. The van der Waals surface area contributed by atoms with Crippen LogP contribution in [0.25, 0.3) is 10.2 Å². The molecule has 5 rings (SSSR count). The number of nitrogens with one attached hydrogen (secondary N) is 1. The van der Waals surface area contributed by atoms with Gasteiger partial charge in [0.1, 0.15) is 27.0 Å². The first-order valence-electron chi connectivity index (χ1n) is 8.84. The smallest absolute Gasteiger partial charge is 0.252 e. The molecule has 4 aromatic rings. The van der Waals surface area contributed by atoms with Gasteiger partial charge in [0, 0.05) is 23.7 Å². The minimum Gasteiger partial charge on any atom is -0.339 e. The Morgan fingerprint density at radius 1 is 1.17 bits per heavy atom. The van der Waals surface area contributed by atoms with Crippen LogP contribution in [0.4, 0.5) is 15.9 Å². The fourth-order valence-electron chi connectivity index (χ4n) is 3.44. The zero-order valence-corrected chi connectivity index (χ0v) is 17.5. The van der Waals surface area contributed by atoms with E-state index in [-0.39, 0.29) is 5.82 Å². The number of sulfonamides is 1. The number of anilines is 2. The van der Waals surface area contributed by atoms with Crippen molar-refractivity contribution in [3.8, 4) is 0 Å². The summed E-state index contributed by atoms with van der Waals surface area (Å²) in [5, 5.41) is 5.82. The Morgan fingerprint density at radius 3 is 2.86 bits per heavy atom. The molecule has 29 heavy (non-hydrogen) atoms. The van der Waals surface area contributed by atoms with Crippen LogP contribution in [0.5, 0.6) is 0 Å². The van der Waals surface area contributed by atoms with Crippen LogP contribution in [0.3, 0.4) is 0 Å². The molecule has 0 aliphatic carbocycles. The normalized spacial score (nSPS) is 14.8. The lowest BCUT2D eigenvalue weighted by Crippen LogP contribution is -2.34. The number of hydrogen-bond acceptors (Lipinski definition) is 7. The molecule has 0 saturated carbocycles. The molecule has 1 aliphatic heterocycles. The molecular weight excluding hydrogens is 431 g/mol. The Balaban J connectivity index is 1.52. The minimum atomic E-state index is -3.50. The van der Waals surface area contributed by atoms with E-state index in [4.69, 9.17) is 0 Å². The number of halogens is 1. The van der Waals surface area contributed by atoms with E-state index in [1.165, 1.54) is 45.4 Å². The highest BCUT2D eigenvalue weighted by molar-refractivity contribution is 7.91. The van der Waals surface area contributed by atoms with Crippen LogP contribution in [-0.2, 0) is 23.0 Å². The van der Waals surface area contributed by atoms with Gasteiger partial charge in [0.15, 0.2) is 0 Å². The zero-order valence-electron chi connectivity index (χ0n) is 15.0. The van der Waals surface area contributed by atoms with Gasteiger partial charge in [0.05, 0.1) is 5.39 Å². The molecule has 0 unspecified atom stereocenters. The summed E-state index contributed by atoms with van der Waals surface area (Å²) in [6, 6.07) is 9.56. The monoisotopic (exact) mass is 446 g/mol. The molecule has 0 atom stereocenters. The van der Waals surface area contributed by atoms with E-state index in [0.29, 0.717) is 35.2 Å². The van der Waals surface area contributed by atoms with E-state index in [1.54, 1.807) is 29.6 Å². The van der Waals surface area contributed by atoms with Crippen molar-refractivity contribution in [3.63, 3.8) is 0 Å². The topological polar surface area (TPSA) is 75.2 Å². The summed E-state index contributed by atoms with van der Waals surface area (Å²) >= 11 is 2.70. The van der Waals surface area contributed by atoms with E-state index < -0.39 is 10.0 Å².